The Bertz CT molecular complexity index is 588. The second kappa shape index (κ2) is 5.49. The summed E-state index contributed by atoms with van der Waals surface area (Å²) >= 11 is 0. The molecule has 2 aromatic rings. The second-order valence-corrected chi connectivity index (χ2v) is 6.05. The molecule has 21 heavy (non-hydrogen) atoms. The number of hydrogen-bond donors (Lipinski definition) is 0. The molecule has 3 nitrogen and oxygen atoms in total. The van der Waals surface area contributed by atoms with E-state index >= 15 is 0 Å². The molecule has 0 N–H and O–H groups in total. The third-order valence-electron chi connectivity index (χ3n) is 4.71. The first-order valence-electron chi connectivity index (χ1n) is 7.79. The van der Waals surface area contributed by atoms with E-state index in [1.807, 2.05) is 30.5 Å². The maximum Gasteiger partial charge on any atom is 0.213 e. The van der Waals surface area contributed by atoms with E-state index in [9.17, 15) is 0 Å². The number of nitrogens with zero attached hydrogens (tertiary/aromatic N) is 2. The molecule has 1 aromatic carbocycles. The van der Waals surface area contributed by atoms with Crippen LogP contribution >= 0.6 is 0 Å². The molecule has 3 fully saturated rings. The maximum atomic E-state index is 6.13. The number of aromatic nitrogens is 1. The van der Waals surface area contributed by atoms with Crippen LogP contribution in [0.3, 0.4) is 0 Å². The highest BCUT2D eigenvalue weighted by Crippen LogP contribution is 2.30. The number of hydrogen-bond acceptors (Lipinski definition) is 3. The minimum Gasteiger partial charge on any atom is -0.473 e. The average molecular weight is 280 g/mol. The summed E-state index contributed by atoms with van der Waals surface area (Å²) in [6, 6.07) is 14.4. The summed E-state index contributed by atoms with van der Waals surface area (Å²) in [6.45, 7) is 3.54. The van der Waals surface area contributed by atoms with Crippen LogP contribution in [-0.4, -0.2) is 35.6 Å². The number of piperidine rings is 3. The van der Waals surface area contributed by atoms with Gasteiger partial charge in [-0.15, -0.1) is 0 Å². The monoisotopic (exact) mass is 280 g/mol. The Hall–Kier alpha value is -1.87. The van der Waals surface area contributed by atoms with Gasteiger partial charge in [-0.25, -0.2) is 4.98 Å². The highest BCUT2D eigenvalue weighted by molar-refractivity contribution is 5.62. The Morgan fingerprint density at radius 3 is 2.38 bits per heavy atom. The summed E-state index contributed by atoms with van der Waals surface area (Å²) in [5.74, 6) is 1.47. The topological polar surface area (TPSA) is 25.4 Å². The summed E-state index contributed by atoms with van der Waals surface area (Å²) in [4.78, 5) is 6.99. The van der Waals surface area contributed by atoms with Crippen LogP contribution in [0.2, 0.25) is 0 Å². The highest BCUT2D eigenvalue weighted by Gasteiger charge is 2.35. The Morgan fingerprint density at radius 2 is 1.76 bits per heavy atom. The minimum atomic E-state index is 0.322. The molecule has 2 bridgehead atoms. The van der Waals surface area contributed by atoms with Crippen LogP contribution in [0.5, 0.6) is 5.88 Å². The SMILES string of the molecule is c1ccc(-c2ccc(OC3CN4CCC3CC4)nc2)cc1. The Morgan fingerprint density at radius 1 is 0.952 bits per heavy atom. The molecule has 3 saturated heterocycles. The molecule has 1 unspecified atom stereocenters. The van der Waals surface area contributed by atoms with Crippen molar-refractivity contribution in [2.75, 3.05) is 19.6 Å². The number of fused-ring (bicyclic) bond motifs is 3. The Kier molecular flexibility index (Phi) is 3.36. The second-order valence-electron chi connectivity index (χ2n) is 6.05. The third kappa shape index (κ3) is 2.66. The Balaban J connectivity index is 1.47. The summed E-state index contributed by atoms with van der Waals surface area (Å²) in [6.07, 6.45) is 4.77. The predicted molar refractivity (Wildman–Crippen MR) is 83.3 cm³/mol. The van der Waals surface area contributed by atoms with Gasteiger partial charge in [0.15, 0.2) is 0 Å². The van der Waals surface area contributed by atoms with E-state index in [0.29, 0.717) is 12.0 Å². The van der Waals surface area contributed by atoms with Crippen LogP contribution in [0.25, 0.3) is 11.1 Å². The van der Waals surface area contributed by atoms with Gasteiger partial charge in [0.05, 0.1) is 0 Å². The summed E-state index contributed by atoms with van der Waals surface area (Å²) in [7, 11) is 0. The van der Waals surface area contributed by atoms with Gasteiger partial charge >= 0.3 is 0 Å². The molecule has 0 radical (unpaired) electrons. The first-order chi connectivity index (χ1) is 10.4. The summed E-state index contributed by atoms with van der Waals surface area (Å²) in [5, 5.41) is 0. The van der Waals surface area contributed by atoms with Crippen molar-refractivity contribution in [3.05, 3.63) is 48.7 Å². The van der Waals surface area contributed by atoms with Crippen molar-refractivity contribution in [1.82, 2.24) is 9.88 Å². The molecule has 0 amide bonds. The molecule has 5 rings (SSSR count). The predicted octanol–water partition coefficient (Wildman–Crippen LogP) is 3.22. The van der Waals surface area contributed by atoms with Gasteiger partial charge in [-0.05, 0) is 43.5 Å². The highest BCUT2D eigenvalue weighted by atomic mass is 16.5. The fourth-order valence-corrected chi connectivity index (χ4v) is 3.45. The molecular formula is C18H20N2O. The molecule has 0 aliphatic carbocycles. The van der Waals surface area contributed by atoms with Crippen molar-refractivity contribution in [1.29, 1.82) is 0 Å². The zero-order chi connectivity index (χ0) is 14.1. The minimum absolute atomic E-state index is 0.322. The average Bonchev–Trinajstić information content (AvgIpc) is 2.57. The lowest BCUT2D eigenvalue weighted by molar-refractivity contribution is -0.00992. The number of rotatable bonds is 3. The van der Waals surface area contributed by atoms with Gasteiger partial charge in [-0.2, -0.15) is 0 Å². The van der Waals surface area contributed by atoms with E-state index in [4.69, 9.17) is 4.74 Å². The largest absolute Gasteiger partial charge is 0.473 e. The van der Waals surface area contributed by atoms with Gasteiger partial charge < -0.3 is 4.74 Å². The molecule has 4 heterocycles. The van der Waals surface area contributed by atoms with Crippen LogP contribution in [0.15, 0.2) is 48.7 Å². The fraction of sp³-hybridized carbons (Fsp3) is 0.389. The van der Waals surface area contributed by atoms with Crippen molar-refractivity contribution in [3.8, 4) is 17.0 Å². The van der Waals surface area contributed by atoms with Crippen molar-refractivity contribution in [2.24, 2.45) is 5.92 Å². The molecule has 3 aliphatic rings. The molecular weight excluding hydrogens is 260 g/mol. The molecule has 0 saturated carbocycles. The summed E-state index contributed by atoms with van der Waals surface area (Å²) < 4.78 is 6.13. The lowest BCUT2D eigenvalue weighted by Gasteiger charge is -2.44. The number of ether oxygens (including phenoxy) is 1. The summed E-state index contributed by atoms with van der Waals surface area (Å²) in [5.41, 5.74) is 2.33. The fourth-order valence-electron chi connectivity index (χ4n) is 3.45. The molecule has 1 aromatic heterocycles. The van der Waals surface area contributed by atoms with Gasteiger partial charge in [0, 0.05) is 24.4 Å². The number of benzene rings is 1. The lowest BCUT2D eigenvalue weighted by Crippen LogP contribution is -2.52. The van der Waals surface area contributed by atoms with Crippen LogP contribution in [0.4, 0.5) is 0 Å². The molecule has 3 aliphatic heterocycles. The van der Waals surface area contributed by atoms with Crippen LogP contribution in [-0.2, 0) is 0 Å². The van der Waals surface area contributed by atoms with Gasteiger partial charge in [0.2, 0.25) is 5.88 Å². The van der Waals surface area contributed by atoms with Gasteiger partial charge in [0.1, 0.15) is 6.10 Å². The molecule has 108 valence electrons. The van der Waals surface area contributed by atoms with E-state index in [1.165, 1.54) is 31.5 Å². The van der Waals surface area contributed by atoms with E-state index in [-0.39, 0.29) is 0 Å². The zero-order valence-corrected chi connectivity index (χ0v) is 12.1. The zero-order valence-electron chi connectivity index (χ0n) is 12.1. The van der Waals surface area contributed by atoms with Gasteiger partial charge in [-0.1, -0.05) is 30.3 Å². The van der Waals surface area contributed by atoms with Crippen molar-refractivity contribution in [2.45, 2.75) is 18.9 Å². The number of pyridine rings is 1. The van der Waals surface area contributed by atoms with E-state index in [1.54, 1.807) is 0 Å². The van der Waals surface area contributed by atoms with Crippen LogP contribution in [0.1, 0.15) is 12.8 Å². The van der Waals surface area contributed by atoms with Crippen LogP contribution < -0.4 is 4.74 Å². The quantitative estimate of drug-likeness (QED) is 0.863. The first kappa shape index (κ1) is 12.8. The smallest absolute Gasteiger partial charge is 0.213 e. The van der Waals surface area contributed by atoms with E-state index < -0.39 is 0 Å². The molecule has 3 heteroatoms. The van der Waals surface area contributed by atoms with Gasteiger partial charge in [0.25, 0.3) is 0 Å². The molecule has 1 atom stereocenters. The molecule has 0 spiro atoms. The van der Waals surface area contributed by atoms with Crippen molar-refractivity contribution in [3.63, 3.8) is 0 Å². The Labute approximate surface area is 125 Å². The normalized spacial score (nSPS) is 27.5. The van der Waals surface area contributed by atoms with Gasteiger partial charge in [-0.3, -0.25) is 4.90 Å². The third-order valence-corrected chi connectivity index (χ3v) is 4.71. The van der Waals surface area contributed by atoms with E-state index in [2.05, 4.69) is 28.1 Å². The van der Waals surface area contributed by atoms with Crippen molar-refractivity contribution >= 4 is 0 Å². The first-order valence-corrected chi connectivity index (χ1v) is 7.79. The van der Waals surface area contributed by atoms with Crippen LogP contribution in [0, 0.1) is 5.92 Å². The lowest BCUT2D eigenvalue weighted by atomic mass is 9.86. The van der Waals surface area contributed by atoms with E-state index in [0.717, 1.165) is 18.0 Å². The van der Waals surface area contributed by atoms with Crippen molar-refractivity contribution < 1.29 is 4.74 Å². The standard InChI is InChI=1S/C18H20N2O/c1-2-4-14(5-3-1)16-6-7-18(19-12-16)21-17-13-20-10-8-15(17)9-11-20/h1-7,12,15,17H,8-11,13H2. The maximum absolute atomic E-state index is 6.13.